The van der Waals surface area contributed by atoms with Gasteiger partial charge in [0.2, 0.25) is 5.95 Å². The lowest BCUT2D eigenvalue weighted by Crippen LogP contribution is -2.48. The Balaban J connectivity index is 1.35. The minimum absolute atomic E-state index is 0.0485. The Morgan fingerprint density at radius 1 is 1.11 bits per heavy atom. The summed E-state index contributed by atoms with van der Waals surface area (Å²) in [6.07, 6.45) is 3.30. The van der Waals surface area contributed by atoms with Crippen LogP contribution in [-0.4, -0.2) is 59.0 Å². The molecule has 1 fully saturated rings. The Morgan fingerprint density at radius 3 is 2.50 bits per heavy atom. The van der Waals surface area contributed by atoms with Crippen LogP contribution in [0.1, 0.15) is 10.5 Å². The molecular weight excluding hydrogens is 376 g/mol. The molecule has 0 unspecified atom stereocenters. The maximum atomic E-state index is 12.8. The third-order valence-electron chi connectivity index (χ3n) is 4.51. The van der Waals surface area contributed by atoms with Crippen LogP contribution in [0.15, 0.2) is 48.1 Å². The highest BCUT2D eigenvalue weighted by Crippen LogP contribution is 2.22. The van der Waals surface area contributed by atoms with E-state index in [9.17, 15) is 4.79 Å². The van der Waals surface area contributed by atoms with Crippen molar-refractivity contribution in [3.63, 3.8) is 0 Å². The van der Waals surface area contributed by atoms with E-state index in [0.717, 1.165) is 24.5 Å². The van der Waals surface area contributed by atoms with Crippen LogP contribution in [0.3, 0.4) is 0 Å². The van der Waals surface area contributed by atoms with Crippen molar-refractivity contribution in [3.05, 3.63) is 53.8 Å². The van der Waals surface area contributed by atoms with Crippen LogP contribution in [0.25, 0.3) is 0 Å². The zero-order chi connectivity index (χ0) is 19.3. The van der Waals surface area contributed by atoms with Gasteiger partial charge < -0.3 is 19.9 Å². The number of thiazole rings is 1. The van der Waals surface area contributed by atoms with Gasteiger partial charge >= 0.3 is 0 Å². The molecule has 1 amide bonds. The van der Waals surface area contributed by atoms with Crippen molar-refractivity contribution in [2.75, 3.05) is 43.5 Å². The van der Waals surface area contributed by atoms with Crippen LogP contribution in [0.2, 0.25) is 0 Å². The second-order valence-corrected chi connectivity index (χ2v) is 7.07. The Morgan fingerprint density at radius 2 is 1.82 bits per heavy atom. The molecule has 4 rings (SSSR count). The summed E-state index contributed by atoms with van der Waals surface area (Å²) in [7, 11) is 1.66. The predicted octanol–water partition coefficient (Wildman–Crippen LogP) is 2.65. The molecule has 1 saturated heterocycles. The lowest BCUT2D eigenvalue weighted by atomic mass is 10.2. The molecule has 9 heteroatoms. The molecule has 3 aromatic rings. The third kappa shape index (κ3) is 4.04. The first kappa shape index (κ1) is 18.2. The number of nitrogens with one attached hydrogen (secondary N) is 1. The average Bonchev–Trinajstić information content (AvgIpc) is 3.22. The topological polar surface area (TPSA) is 83.5 Å². The number of amides is 1. The van der Waals surface area contributed by atoms with E-state index < -0.39 is 0 Å². The van der Waals surface area contributed by atoms with E-state index in [-0.39, 0.29) is 5.91 Å². The van der Waals surface area contributed by atoms with E-state index in [1.807, 2.05) is 29.2 Å². The Kier molecular flexibility index (Phi) is 5.34. The molecule has 1 aromatic carbocycles. The SMILES string of the molecule is COc1ccc(N2CCN(C(=O)c3csc(Nc4ncccn4)n3)CC2)cc1. The minimum atomic E-state index is -0.0485. The lowest BCUT2D eigenvalue weighted by molar-refractivity contribution is 0.0742. The van der Waals surface area contributed by atoms with Crippen molar-refractivity contribution in [1.82, 2.24) is 19.9 Å². The van der Waals surface area contributed by atoms with Crippen molar-refractivity contribution in [3.8, 4) is 5.75 Å². The summed E-state index contributed by atoms with van der Waals surface area (Å²) in [5.74, 6) is 1.25. The summed E-state index contributed by atoms with van der Waals surface area (Å²) >= 11 is 1.37. The molecule has 8 nitrogen and oxygen atoms in total. The number of anilines is 3. The first-order valence-electron chi connectivity index (χ1n) is 8.91. The van der Waals surface area contributed by atoms with Crippen LogP contribution >= 0.6 is 11.3 Å². The predicted molar refractivity (Wildman–Crippen MR) is 109 cm³/mol. The van der Waals surface area contributed by atoms with E-state index in [1.54, 1.807) is 30.9 Å². The molecule has 144 valence electrons. The van der Waals surface area contributed by atoms with Gasteiger partial charge in [0.15, 0.2) is 5.13 Å². The first-order valence-corrected chi connectivity index (χ1v) is 9.79. The summed E-state index contributed by atoms with van der Waals surface area (Å²) in [4.78, 5) is 29.5. The second kappa shape index (κ2) is 8.22. The number of piperazine rings is 1. The standard InChI is InChI=1S/C19H20N6O2S/c1-27-15-5-3-14(4-6-15)24-9-11-25(12-10-24)17(26)16-13-28-19(22-16)23-18-20-7-2-8-21-18/h2-8,13H,9-12H2,1H3,(H,20,21,22,23). The number of nitrogens with zero attached hydrogens (tertiary/aromatic N) is 5. The first-order chi connectivity index (χ1) is 13.7. The maximum absolute atomic E-state index is 12.8. The maximum Gasteiger partial charge on any atom is 0.273 e. The number of rotatable bonds is 5. The lowest BCUT2D eigenvalue weighted by Gasteiger charge is -2.35. The fourth-order valence-corrected chi connectivity index (χ4v) is 3.69. The summed E-state index contributed by atoms with van der Waals surface area (Å²) in [5.41, 5.74) is 1.58. The molecular formula is C19H20N6O2S. The summed E-state index contributed by atoms with van der Waals surface area (Å²) in [5, 5.41) is 5.39. The molecule has 3 heterocycles. The van der Waals surface area contributed by atoms with Gasteiger partial charge in [-0.2, -0.15) is 0 Å². The van der Waals surface area contributed by atoms with Gasteiger partial charge in [-0.05, 0) is 30.3 Å². The zero-order valence-corrected chi connectivity index (χ0v) is 16.2. The number of hydrogen-bond donors (Lipinski definition) is 1. The number of benzene rings is 1. The molecule has 0 spiro atoms. The second-order valence-electron chi connectivity index (χ2n) is 6.21. The van der Waals surface area contributed by atoms with E-state index in [4.69, 9.17) is 4.74 Å². The van der Waals surface area contributed by atoms with Crippen molar-refractivity contribution in [2.45, 2.75) is 0 Å². The van der Waals surface area contributed by atoms with Crippen LogP contribution < -0.4 is 15.0 Å². The number of ether oxygens (including phenoxy) is 1. The van der Waals surface area contributed by atoms with Crippen LogP contribution in [0.5, 0.6) is 5.75 Å². The number of hydrogen-bond acceptors (Lipinski definition) is 8. The molecule has 28 heavy (non-hydrogen) atoms. The Labute approximate surface area is 166 Å². The molecule has 0 bridgehead atoms. The average molecular weight is 396 g/mol. The van der Waals surface area contributed by atoms with E-state index in [0.29, 0.717) is 29.9 Å². The Hall–Kier alpha value is -3.20. The van der Waals surface area contributed by atoms with Crippen molar-refractivity contribution in [1.29, 1.82) is 0 Å². The largest absolute Gasteiger partial charge is 0.497 e. The quantitative estimate of drug-likeness (QED) is 0.710. The summed E-state index contributed by atoms with van der Waals surface area (Å²) in [6.45, 7) is 2.89. The van der Waals surface area contributed by atoms with E-state index in [2.05, 4.69) is 25.2 Å². The van der Waals surface area contributed by atoms with E-state index >= 15 is 0 Å². The van der Waals surface area contributed by atoms with Crippen LogP contribution in [0.4, 0.5) is 16.8 Å². The molecule has 2 aromatic heterocycles. The molecule has 0 radical (unpaired) electrons. The fraction of sp³-hybridized carbons (Fsp3) is 0.263. The van der Waals surface area contributed by atoms with E-state index in [1.165, 1.54) is 11.3 Å². The van der Waals surface area contributed by atoms with Crippen LogP contribution in [0, 0.1) is 0 Å². The summed E-state index contributed by atoms with van der Waals surface area (Å²) in [6, 6.07) is 9.73. The van der Waals surface area contributed by atoms with Gasteiger partial charge in [0.25, 0.3) is 5.91 Å². The normalized spacial score (nSPS) is 14.0. The summed E-state index contributed by atoms with van der Waals surface area (Å²) < 4.78 is 5.20. The van der Waals surface area contributed by atoms with Gasteiger partial charge in [0, 0.05) is 49.6 Å². The Bertz CT molecular complexity index is 923. The fourth-order valence-electron chi connectivity index (χ4n) is 3.01. The van der Waals surface area contributed by atoms with Gasteiger partial charge in [-0.3, -0.25) is 4.79 Å². The van der Waals surface area contributed by atoms with Crippen molar-refractivity contribution in [2.24, 2.45) is 0 Å². The highest BCUT2D eigenvalue weighted by atomic mass is 32.1. The molecule has 0 saturated carbocycles. The smallest absolute Gasteiger partial charge is 0.273 e. The van der Waals surface area contributed by atoms with Crippen molar-refractivity contribution >= 4 is 34.0 Å². The molecule has 1 aliphatic rings. The van der Waals surface area contributed by atoms with Gasteiger partial charge in [-0.25, -0.2) is 15.0 Å². The number of aromatic nitrogens is 3. The number of carbonyl (C=O) groups excluding carboxylic acids is 1. The highest BCUT2D eigenvalue weighted by molar-refractivity contribution is 7.14. The van der Waals surface area contributed by atoms with Crippen LogP contribution in [-0.2, 0) is 0 Å². The van der Waals surface area contributed by atoms with Gasteiger partial charge in [-0.15, -0.1) is 11.3 Å². The third-order valence-corrected chi connectivity index (χ3v) is 5.27. The van der Waals surface area contributed by atoms with Crippen molar-refractivity contribution < 1.29 is 9.53 Å². The van der Waals surface area contributed by atoms with Gasteiger partial charge in [0.05, 0.1) is 7.11 Å². The molecule has 1 N–H and O–H groups in total. The highest BCUT2D eigenvalue weighted by Gasteiger charge is 2.24. The minimum Gasteiger partial charge on any atom is -0.497 e. The molecule has 0 aliphatic carbocycles. The van der Waals surface area contributed by atoms with Gasteiger partial charge in [0.1, 0.15) is 11.4 Å². The molecule has 1 aliphatic heterocycles. The number of methoxy groups -OCH3 is 1. The number of carbonyl (C=O) groups is 1. The van der Waals surface area contributed by atoms with Gasteiger partial charge in [-0.1, -0.05) is 0 Å². The zero-order valence-electron chi connectivity index (χ0n) is 15.4. The molecule has 0 atom stereocenters. The monoisotopic (exact) mass is 396 g/mol.